The summed E-state index contributed by atoms with van der Waals surface area (Å²) in [5.41, 5.74) is 0. The van der Waals surface area contributed by atoms with E-state index in [1.165, 1.54) is 0 Å². The number of hydrogen-bond acceptors (Lipinski definition) is 3. The van der Waals surface area contributed by atoms with E-state index < -0.39 is 6.16 Å². The molecule has 0 saturated heterocycles. The van der Waals surface area contributed by atoms with E-state index in [1.54, 1.807) is 14.0 Å². The zero-order valence-electron chi connectivity index (χ0n) is 5.94. The average Bonchev–Trinajstić information content (AvgIpc) is 1.62. The van der Waals surface area contributed by atoms with Crippen LogP contribution in [0.4, 0.5) is 4.79 Å². The maximum absolute atomic E-state index is 8.56. The molecular formula is C5H12O5. The van der Waals surface area contributed by atoms with E-state index in [9.17, 15) is 0 Å². The monoisotopic (exact) mass is 152 g/mol. The lowest BCUT2D eigenvalue weighted by atomic mass is 10.5. The SMILES string of the molecule is COCC(C)O.O=C(O)O. The Labute approximate surface area is 58.9 Å². The third-order valence-electron chi connectivity index (χ3n) is 0.408. The highest BCUT2D eigenvalue weighted by Crippen LogP contribution is 1.75. The molecule has 0 amide bonds. The Morgan fingerprint density at radius 1 is 1.60 bits per heavy atom. The molecule has 0 fully saturated rings. The van der Waals surface area contributed by atoms with E-state index >= 15 is 0 Å². The number of carboxylic acid groups (broad SMARTS) is 2. The summed E-state index contributed by atoms with van der Waals surface area (Å²) in [7, 11) is 1.56. The van der Waals surface area contributed by atoms with E-state index in [-0.39, 0.29) is 6.10 Å². The molecule has 0 spiro atoms. The zero-order chi connectivity index (χ0) is 8.57. The van der Waals surface area contributed by atoms with Gasteiger partial charge in [-0.05, 0) is 6.92 Å². The smallest absolute Gasteiger partial charge is 0.450 e. The highest BCUT2D eigenvalue weighted by molar-refractivity contribution is 5.53. The van der Waals surface area contributed by atoms with Crippen LogP contribution in [-0.4, -0.2) is 41.3 Å². The van der Waals surface area contributed by atoms with E-state index in [4.69, 9.17) is 20.1 Å². The van der Waals surface area contributed by atoms with Crippen LogP contribution in [-0.2, 0) is 4.74 Å². The Bertz CT molecular complexity index is 76.1. The van der Waals surface area contributed by atoms with Crippen molar-refractivity contribution >= 4 is 6.16 Å². The van der Waals surface area contributed by atoms with Gasteiger partial charge in [-0.25, -0.2) is 4.79 Å². The molecule has 0 heterocycles. The van der Waals surface area contributed by atoms with Gasteiger partial charge in [0.2, 0.25) is 0 Å². The lowest BCUT2D eigenvalue weighted by Gasteiger charge is -1.97. The molecule has 0 aromatic heterocycles. The van der Waals surface area contributed by atoms with Gasteiger partial charge in [-0.3, -0.25) is 0 Å². The van der Waals surface area contributed by atoms with E-state index in [0.29, 0.717) is 6.61 Å². The topological polar surface area (TPSA) is 87.0 Å². The lowest BCUT2D eigenvalue weighted by Crippen LogP contribution is -2.07. The van der Waals surface area contributed by atoms with Crippen molar-refractivity contribution in [2.24, 2.45) is 0 Å². The van der Waals surface area contributed by atoms with E-state index in [1.807, 2.05) is 0 Å². The molecule has 0 aliphatic carbocycles. The number of ether oxygens (including phenoxy) is 1. The van der Waals surface area contributed by atoms with Crippen LogP contribution in [0, 0.1) is 0 Å². The van der Waals surface area contributed by atoms with Crippen molar-refractivity contribution in [1.82, 2.24) is 0 Å². The molecule has 62 valence electrons. The number of rotatable bonds is 2. The summed E-state index contributed by atoms with van der Waals surface area (Å²) in [6, 6.07) is 0. The summed E-state index contributed by atoms with van der Waals surface area (Å²) in [6.07, 6.45) is -2.16. The van der Waals surface area contributed by atoms with Gasteiger partial charge in [0.1, 0.15) is 0 Å². The van der Waals surface area contributed by atoms with Crippen LogP contribution < -0.4 is 0 Å². The maximum Gasteiger partial charge on any atom is 0.503 e. The van der Waals surface area contributed by atoms with Gasteiger partial charge >= 0.3 is 6.16 Å². The fourth-order valence-corrected chi connectivity index (χ4v) is 0.241. The molecule has 10 heavy (non-hydrogen) atoms. The van der Waals surface area contributed by atoms with Crippen molar-refractivity contribution in [3.05, 3.63) is 0 Å². The van der Waals surface area contributed by atoms with Crippen molar-refractivity contribution in [3.8, 4) is 0 Å². The lowest BCUT2D eigenvalue weighted by molar-refractivity contribution is 0.0765. The number of aliphatic hydroxyl groups is 1. The molecule has 0 saturated carbocycles. The Kier molecular flexibility index (Phi) is 9.77. The maximum atomic E-state index is 8.56. The number of aliphatic hydroxyl groups excluding tert-OH is 1. The van der Waals surface area contributed by atoms with Crippen molar-refractivity contribution in [3.63, 3.8) is 0 Å². The van der Waals surface area contributed by atoms with Gasteiger partial charge in [-0.1, -0.05) is 0 Å². The van der Waals surface area contributed by atoms with Crippen LogP contribution in [0.5, 0.6) is 0 Å². The summed E-state index contributed by atoms with van der Waals surface area (Å²) in [6.45, 7) is 2.11. The number of methoxy groups -OCH3 is 1. The van der Waals surface area contributed by atoms with Crippen LogP contribution in [0.1, 0.15) is 6.92 Å². The molecule has 5 nitrogen and oxygen atoms in total. The highest BCUT2D eigenvalue weighted by Gasteiger charge is 1.87. The summed E-state index contributed by atoms with van der Waals surface area (Å²) >= 11 is 0. The molecular weight excluding hydrogens is 140 g/mol. The largest absolute Gasteiger partial charge is 0.503 e. The first-order valence-electron chi connectivity index (χ1n) is 2.59. The molecule has 1 unspecified atom stereocenters. The van der Waals surface area contributed by atoms with Gasteiger partial charge in [0.25, 0.3) is 0 Å². The van der Waals surface area contributed by atoms with E-state index in [0.717, 1.165) is 0 Å². The second kappa shape index (κ2) is 8.19. The van der Waals surface area contributed by atoms with Crippen LogP contribution in [0.3, 0.4) is 0 Å². The van der Waals surface area contributed by atoms with Crippen LogP contribution in [0.2, 0.25) is 0 Å². The van der Waals surface area contributed by atoms with E-state index in [2.05, 4.69) is 4.74 Å². The van der Waals surface area contributed by atoms with Gasteiger partial charge in [0.05, 0.1) is 12.7 Å². The molecule has 0 aliphatic rings. The second-order valence-electron chi connectivity index (χ2n) is 1.59. The fourth-order valence-electron chi connectivity index (χ4n) is 0.241. The fraction of sp³-hybridized carbons (Fsp3) is 0.800. The zero-order valence-corrected chi connectivity index (χ0v) is 5.94. The first kappa shape index (κ1) is 11.9. The predicted octanol–water partition coefficient (Wildman–Crippen LogP) is 0.236. The van der Waals surface area contributed by atoms with Crippen LogP contribution in [0.25, 0.3) is 0 Å². The van der Waals surface area contributed by atoms with Crippen LogP contribution >= 0.6 is 0 Å². The molecule has 3 N–H and O–H groups in total. The second-order valence-corrected chi connectivity index (χ2v) is 1.59. The molecule has 0 aromatic carbocycles. The van der Waals surface area contributed by atoms with Crippen molar-refractivity contribution in [2.75, 3.05) is 13.7 Å². The average molecular weight is 152 g/mol. The van der Waals surface area contributed by atoms with Gasteiger partial charge in [0, 0.05) is 7.11 Å². The summed E-state index contributed by atoms with van der Waals surface area (Å²) in [5, 5.41) is 22.4. The van der Waals surface area contributed by atoms with Gasteiger partial charge < -0.3 is 20.1 Å². The third-order valence-corrected chi connectivity index (χ3v) is 0.408. The number of carbonyl (C=O) groups is 1. The minimum atomic E-state index is -1.83. The molecule has 0 aliphatic heterocycles. The van der Waals surface area contributed by atoms with Crippen molar-refractivity contribution in [2.45, 2.75) is 13.0 Å². The highest BCUT2D eigenvalue weighted by atomic mass is 16.6. The minimum Gasteiger partial charge on any atom is -0.450 e. The van der Waals surface area contributed by atoms with Gasteiger partial charge in [0.15, 0.2) is 0 Å². The Morgan fingerprint density at radius 3 is 1.90 bits per heavy atom. The first-order chi connectivity index (χ1) is 4.50. The van der Waals surface area contributed by atoms with Gasteiger partial charge in [-0.15, -0.1) is 0 Å². The van der Waals surface area contributed by atoms with Crippen molar-refractivity contribution in [1.29, 1.82) is 0 Å². The third kappa shape index (κ3) is 57.4. The van der Waals surface area contributed by atoms with Crippen molar-refractivity contribution < 1.29 is 24.9 Å². The molecule has 0 radical (unpaired) electrons. The Morgan fingerprint density at radius 2 is 1.90 bits per heavy atom. The Balaban J connectivity index is 0. The summed E-state index contributed by atoms with van der Waals surface area (Å²) in [5.74, 6) is 0. The number of hydrogen-bond donors (Lipinski definition) is 3. The summed E-state index contributed by atoms with van der Waals surface area (Å²) in [4.78, 5) is 8.56. The first-order valence-corrected chi connectivity index (χ1v) is 2.59. The molecule has 0 aromatic rings. The quantitative estimate of drug-likeness (QED) is 0.527. The molecule has 5 heteroatoms. The molecule has 0 rings (SSSR count). The Hall–Kier alpha value is -0.810. The minimum absolute atomic E-state index is 0.324. The molecule has 1 atom stereocenters. The normalized spacial score (nSPS) is 11.1. The predicted molar refractivity (Wildman–Crippen MR) is 34.2 cm³/mol. The van der Waals surface area contributed by atoms with Gasteiger partial charge in [-0.2, -0.15) is 0 Å². The standard InChI is InChI=1S/C4H10O2.CH2O3/c1-4(5)3-6-2;2-1(3)4/h4-5H,3H2,1-2H3;(H2,2,3,4). The molecule has 0 bridgehead atoms. The summed E-state index contributed by atoms with van der Waals surface area (Å²) < 4.78 is 4.55. The van der Waals surface area contributed by atoms with Crippen LogP contribution in [0.15, 0.2) is 0 Å².